The summed E-state index contributed by atoms with van der Waals surface area (Å²) in [6.45, 7) is 1.99. The number of rotatable bonds is 9. The van der Waals surface area contributed by atoms with Crippen molar-refractivity contribution in [2.45, 2.75) is 19.3 Å². The molecule has 0 amide bonds. The number of carbonyl (C=O) groups excluding carboxylic acids is 1. The van der Waals surface area contributed by atoms with Gasteiger partial charge in [0.15, 0.2) is 5.96 Å². The molecule has 0 saturated carbocycles. The van der Waals surface area contributed by atoms with E-state index in [4.69, 9.17) is 4.74 Å². The average molecular weight is 435 g/mol. The Morgan fingerprint density at radius 3 is 2.48 bits per heavy atom. The van der Waals surface area contributed by atoms with Crippen molar-refractivity contribution >= 4 is 35.9 Å². The highest BCUT2D eigenvalue weighted by molar-refractivity contribution is 14.0. The van der Waals surface area contributed by atoms with Crippen LogP contribution in [0, 0.1) is 0 Å². The molecule has 0 fully saturated rings. The molecule has 1 aromatic rings. The van der Waals surface area contributed by atoms with Crippen LogP contribution in [-0.4, -0.2) is 45.8 Å². The summed E-state index contributed by atoms with van der Waals surface area (Å²) in [5.41, 5.74) is 0. The minimum Gasteiger partial charge on any atom is -0.492 e. The van der Waals surface area contributed by atoms with Crippen LogP contribution in [0.15, 0.2) is 35.3 Å². The normalized spacial score (nSPS) is 10.4. The Labute approximate surface area is 155 Å². The number of carbonyl (C=O) groups is 1. The number of hydrogen-bond donors (Lipinski definition) is 2. The molecule has 0 radical (unpaired) electrons. The minimum absolute atomic E-state index is 0. The molecule has 1 aromatic carbocycles. The number of guanidine groups is 1. The van der Waals surface area contributed by atoms with Crippen molar-refractivity contribution < 1.29 is 14.3 Å². The highest BCUT2D eigenvalue weighted by atomic mass is 127. The van der Waals surface area contributed by atoms with Gasteiger partial charge < -0.3 is 20.1 Å². The molecule has 23 heavy (non-hydrogen) atoms. The van der Waals surface area contributed by atoms with Crippen LogP contribution in [0.3, 0.4) is 0 Å². The van der Waals surface area contributed by atoms with Crippen LogP contribution < -0.4 is 15.4 Å². The van der Waals surface area contributed by atoms with Gasteiger partial charge in [0, 0.05) is 20.0 Å². The zero-order valence-corrected chi connectivity index (χ0v) is 16.0. The first-order valence-electron chi connectivity index (χ1n) is 7.45. The summed E-state index contributed by atoms with van der Waals surface area (Å²) in [6.07, 6.45) is 2.14. The molecule has 0 heterocycles. The largest absolute Gasteiger partial charge is 0.492 e. The summed E-state index contributed by atoms with van der Waals surface area (Å²) in [5, 5.41) is 6.36. The van der Waals surface area contributed by atoms with Gasteiger partial charge in [0.2, 0.25) is 0 Å². The number of unbranched alkanes of at least 4 members (excludes halogenated alkanes) is 1. The molecular formula is C16H26IN3O3. The van der Waals surface area contributed by atoms with Gasteiger partial charge in [-0.2, -0.15) is 0 Å². The molecule has 0 spiro atoms. The Morgan fingerprint density at radius 1 is 1.13 bits per heavy atom. The first kappa shape index (κ1) is 21.5. The number of aliphatic imine (C=N–C) groups is 1. The van der Waals surface area contributed by atoms with Crippen LogP contribution in [0.4, 0.5) is 0 Å². The van der Waals surface area contributed by atoms with Gasteiger partial charge in [-0.1, -0.05) is 18.2 Å². The van der Waals surface area contributed by atoms with Crippen molar-refractivity contribution in [2.24, 2.45) is 4.99 Å². The number of benzene rings is 1. The first-order chi connectivity index (χ1) is 10.8. The smallest absolute Gasteiger partial charge is 0.305 e. The first-order valence-corrected chi connectivity index (χ1v) is 7.45. The van der Waals surface area contributed by atoms with E-state index in [-0.39, 0.29) is 29.9 Å². The van der Waals surface area contributed by atoms with E-state index < -0.39 is 0 Å². The summed E-state index contributed by atoms with van der Waals surface area (Å²) in [5.74, 6) is 1.42. The van der Waals surface area contributed by atoms with E-state index in [1.54, 1.807) is 7.05 Å². The van der Waals surface area contributed by atoms with Crippen molar-refractivity contribution in [1.82, 2.24) is 10.6 Å². The van der Waals surface area contributed by atoms with E-state index in [1.165, 1.54) is 7.11 Å². The molecule has 6 nitrogen and oxygen atoms in total. The number of hydrogen-bond acceptors (Lipinski definition) is 4. The fourth-order valence-electron chi connectivity index (χ4n) is 1.78. The monoisotopic (exact) mass is 435 g/mol. The van der Waals surface area contributed by atoms with Crippen molar-refractivity contribution in [3.63, 3.8) is 0 Å². The number of nitrogens with one attached hydrogen (secondary N) is 2. The standard InChI is InChI=1S/C16H25N3O3.HI/c1-17-16(18-11-7-6-10-15(20)21-2)19-12-13-22-14-8-4-3-5-9-14;/h3-5,8-9H,6-7,10-13H2,1-2H3,(H2,17,18,19);1H. The molecule has 1 rings (SSSR count). The maximum absolute atomic E-state index is 11.0. The van der Waals surface area contributed by atoms with Gasteiger partial charge in [0.05, 0.1) is 13.7 Å². The zero-order chi connectivity index (χ0) is 16.0. The molecule has 7 heteroatoms. The number of methoxy groups -OCH3 is 1. The molecule has 0 atom stereocenters. The molecule has 0 aromatic heterocycles. The van der Waals surface area contributed by atoms with Gasteiger partial charge >= 0.3 is 5.97 Å². The zero-order valence-electron chi connectivity index (χ0n) is 13.7. The molecule has 0 bridgehead atoms. The number of nitrogens with zero attached hydrogens (tertiary/aromatic N) is 1. The second kappa shape index (κ2) is 14.1. The highest BCUT2D eigenvalue weighted by Gasteiger charge is 2.00. The summed E-state index contributed by atoms with van der Waals surface area (Å²) in [7, 11) is 3.13. The fraction of sp³-hybridized carbons (Fsp3) is 0.500. The Bertz CT molecular complexity index is 455. The molecular weight excluding hydrogens is 409 g/mol. The van der Waals surface area contributed by atoms with Gasteiger partial charge in [-0.15, -0.1) is 24.0 Å². The van der Waals surface area contributed by atoms with Crippen LogP contribution in [-0.2, 0) is 9.53 Å². The van der Waals surface area contributed by atoms with Crippen LogP contribution in [0.25, 0.3) is 0 Å². The van der Waals surface area contributed by atoms with E-state index >= 15 is 0 Å². The SMILES string of the molecule is CN=C(NCCCCC(=O)OC)NCCOc1ccccc1.I. The molecule has 0 aliphatic heterocycles. The van der Waals surface area contributed by atoms with Gasteiger partial charge in [0.25, 0.3) is 0 Å². The van der Waals surface area contributed by atoms with E-state index in [1.807, 2.05) is 30.3 Å². The summed E-state index contributed by atoms with van der Waals surface area (Å²) >= 11 is 0. The minimum atomic E-state index is -0.166. The number of halogens is 1. The molecule has 0 saturated heterocycles. The van der Waals surface area contributed by atoms with E-state index in [0.29, 0.717) is 19.6 Å². The topological polar surface area (TPSA) is 72.0 Å². The van der Waals surface area contributed by atoms with E-state index in [9.17, 15) is 4.79 Å². The second-order valence-electron chi connectivity index (χ2n) is 4.62. The van der Waals surface area contributed by atoms with E-state index in [2.05, 4.69) is 20.4 Å². The second-order valence-corrected chi connectivity index (χ2v) is 4.62. The Hall–Kier alpha value is -1.51. The van der Waals surface area contributed by atoms with Crippen LogP contribution in [0.1, 0.15) is 19.3 Å². The fourth-order valence-corrected chi connectivity index (χ4v) is 1.78. The molecule has 2 N–H and O–H groups in total. The van der Waals surface area contributed by atoms with Crippen molar-refractivity contribution in [3.8, 4) is 5.75 Å². The number of para-hydroxylation sites is 1. The third-order valence-electron chi connectivity index (χ3n) is 2.96. The van der Waals surface area contributed by atoms with Gasteiger partial charge in [0.1, 0.15) is 12.4 Å². The van der Waals surface area contributed by atoms with Crippen LogP contribution >= 0.6 is 24.0 Å². The quantitative estimate of drug-likeness (QED) is 0.205. The number of esters is 1. The maximum Gasteiger partial charge on any atom is 0.305 e. The van der Waals surface area contributed by atoms with Gasteiger partial charge in [-0.25, -0.2) is 0 Å². The summed E-state index contributed by atoms with van der Waals surface area (Å²) in [4.78, 5) is 15.1. The van der Waals surface area contributed by atoms with Crippen molar-refractivity contribution in [3.05, 3.63) is 30.3 Å². The molecule has 0 unspecified atom stereocenters. The lowest BCUT2D eigenvalue weighted by atomic mass is 10.2. The summed E-state index contributed by atoms with van der Waals surface area (Å²) in [6, 6.07) is 9.69. The lowest BCUT2D eigenvalue weighted by molar-refractivity contribution is -0.140. The predicted molar refractivity (Wildman–Crippen MR) is 103 cm³/mol. The Balaban J connectivity index is 0.00000484. The van der Waals surface area contributed by atoms with Gasteiger partial charge in [-0.05, 0) is 25.0 Å². The van der Waals surface area contributed by atoms with Crippen molar-refractivity contribution in [1.29, 1.82) is 0 Å². The lowest BCUT2D eigenvalue weighted by Gasteiger charge is -2.12. The Kier molecular flexibility index (Phi) is 13.2. The van der Waals surface area contributed by atoms with Gasteiger partial charge in [-0.3, -0.25) is 9.79 Å². The number of ether oxygens (including phenoxy) is 2. The Morgan fingerprint density at radius 2 is 1.83 bits per heavy atom. The summed E-state index contributed by atoms with van der Waals surface area (Å²) < 4.78 is 10.2. The average Bonchev–Trinajstić information content (AvgIpc) is 2.57. The molecule has 0 aliphatic carbocycles. The highest BCUT2D eigenvalue weighted by Crippen LogP contribution is 2.07. The van der Waals surface area contributed by atoms with Crippen molar-refractivity contribution in [2.75, 3.05) is 33.9 Å². The maximum atomic E-state index is 11.0. The molecule has 130 valence electrons. The lowest BCUT2D eigenvalue weighted by Crippen LogP contribution is -2.39. The predicted octanol–water partition coefficient (Wildman–Crippen LogP) is 2.19. The van der Waals surface area contributed by atoms with Crippen LogP contribution in [0.5, 0.6) is 5.75 Å². The van der Waals surface area contributed by atoms with E-state index in [0.717, 1.165) is 31.1 Å². The third kappa shape index (κ3) is 10.8. The third-order valence-corrected chi connectivity index (χ3v) is 2.96. The van der Waals surface area contributed by atoms with Crippen LogP contribution in [0.2, 0.25) is 0 Å². The molecule has 0 aliphatic rings.